The molecule has 0 aromatic carbocycles. The second kappa shape index (κ2) is 77.5. The summed E-state index contributed by atoms with van der Waals surface area (Å²) >= 11 is 0. The maximum atomic E-state index is 12.5. The molecule has 0 aliphatic carbocycles. The third-order valence-electron chi connectivity index (χ3n) is 18.9. The van der Waals surface area contributed by atoms with Crippen molar-refractivity contribution in [1.29, 1.82) is 0 Å². The average Bonchev–Trinajstić information content (AvgIpc) is 3.58. The summed E-state index contributed by atoms with van der Waals surface area (Å²) in [5.41, 5.74) is 0. The van der Waals surface area contributed by atoms with Crippen LogP contribution in [0, 0.1) is 0 Å². The van der Waals surface area contributed by atoms with Gasteiger partial charge in [-0.3, -0.25) is 9.59 Å². The third-order valence-corrected chi connectivity index (χ3v) is 18.9. The Kier molecular flexibility index (Phi) is 75.8. The third kappa shape index (κ3) is 73.1. The van der Waals surface area contributed by atoms with Crippen LogP contribution >= 0.6 is 0 Å². The highest BCUT2D eigenvalue weighted by molar-refractivity contribution is 5.76. The molecule has 0 aliphatic heterocycles. The molecule has 2 atom stereocenters. The van der Waals surface area contributed by atoms with Crippen LogP contribution in [0.25, 0.3) is 0 Å². The summed E-state index contributed by atoms with van der Waals surface area (Å²) in [6.07, 6.45) is 101. The Morgan fingerprint density at radius 3 is 0.886 bits per heavy atom. The first-order valence-electron chi connectivity index (χ1n) is 40.3. The number of carbonyl (C=O) groups is 2. The van der Waals surface area contributed by atoms with Crippen LogP contribution in [0.4, 0.5) is 0 Å². The Bertz CT molecular complexity index is 1430. The summed E-state index contributed by atoms with van der Waals surface area (Å²) in [6.45, 7) is 4.93. The van der Waals surface area contributed by atoms with Crippen molar-refractivity contribution in [2.75, 3.05) is 13.2 Å². The van der Waals surface area contributed by atoms with Gasteiger partial charge in [0.1, 0.15) is 0 Å². The molecule has 0 saturated heterocycles. The van der Waals surface area contributed by atoms with Crippen molar-refractivity contribution in [2.45, 2.75) is 463 Å². The smallest absolute Gasteiger partial charge is 0.305 e. The van der Waals surface area contributed by atoms with E-state index >= 15 is 0 Å². The molecule has 0 aliphatic rings. The summed E-state index contributed by atoms with van der Waals surface area (Å²) in [5.74, 6) is -0.0442. The normalized spacial score (nSPS) is 12.6. The number of aliphatic hydroxyl groups is 2. The zero-order valence-corrected chi connectivity index (χ0v) is 59.7. The van der Waals surface area contributed by atoms with E-state index in [1.807, 2.05) is 6.08 Å². The molecule has 6 heteroatoms. The van der Waals surface area contributed by atoms with Gasteiger partial charge < -0.3 is 20.3 Å². The molecule has 0 aromatic rings. The van der Waals surface area contributed by atoms with E-state index in [0.29, 0.717) is 19.4 Å². The molecule has 0 fully saturated rings. The molecule has 0 radical (unpaired) electrons. The average molecular weight is 1240 g/mol. The van der Waals surface area contributed by atoms with Crippen molar-refractivity contribution >= 4 is 11.9 Å². The van der Waals surface area contributed by atoms with Crippen molar-refractivity contribution < 1.29 is 24.5 Å². The summed E-state index contributed by atoms with van der Waals surface area (Å²) in [7, 11) is 0. The molecular formula is C82H157NO5. The number of esters is 1. The highest BCUT2D eigenvalue weighted by atomic mass is 16.5. The Hall–Kier alpha value is -1.92. The highest BCUT2D eigenvalue weighted by Crippen LogP contribution is 2.20. The summed E-state index contributed by atoms with van der Waals surface area (Å²) < 4.78 is 5.51. The number of allylic oxidation sites excluding steroid dienone is 5. The van der Waals surface area contributed by atoms with Crippen LogP contribution in [0.2, 0.25) is 0 Å². The molecule has 3 N–H and O–H groups in total. The van der Waals surface area contributed by atoms with Crippen LogP contribution in [-0.4, -0.2) is 47.4 Å². The molecular weight excluding hydrogens is 1080 g/mol. The minimum Gasteiger partial charge on any atom is -0.466 e. The predicted molar refractivity (Wildman–Crippen MR) is 389 cm³/mol. The van der Waals surface area contributed by atoms with Crippen LogP contribution in [0.5, 0.6) is 0 Å². The van der Waals surface area contributed by atoms with E-state index in [4.69, 9.17) is 4.74 Å². The zero-order chi connectivity index (χ0) is 63.5. The van der Waals surface area contributed by atoms with Gasteiger partial charge in [0.25, 0.3) is 0 Å². The van der Waals surface area contributed by atoms with Crippen LogP contribution in [-0.2, 0) is 14.3 Å². The molecule has 6 nitrogen and oxygen atoms in total. The fourth-order valence-electron chi connectivity index (χ4n) is 12.8. The first-order valence-corrected chi connectivity index (χ1v) is 40.3. The van der Waals surface area contributed by atoms with Gasteiger partial charge in [-0.05, 0) is 64.2 Å². The number of hydrogen-bond acceptors (Lipinski definition) is 5. The lowest BCUT2D eigenvalue weighted by atomic mass is 10.0. The quantitative estimate of drug-likeness (QED) is 0.0320. The molecule has 2 unspecified atom stereocenters. The number of carbonyl (C=O) groups excluding carboxylic acids is 2. The predicted octanol–water partition coefficient (Wildman–Crippen LogP) is 26.6. The zero-order valence-electron chi connectivity index (χ0n) is 59.7. The van der Waals surface area contributed by atoms with Crippen LogP contribution < -0.4 is 5.32 Å². The van der Waals surface area contributed by atoms with Gasteiger partial charge in [-0.2, -0.15) is 0 Å². The van der Waals surface area contributed by atoms with E-state index in [-0.39, 0.29) is 18.5 Å². The number of nitrogens with one attached hydrogen (secondary N) is 1. The molecule has 0 saturated carbocycles. The molecule has 1 amide bonds. The number of ether oxygens (including phenoxy) is 1. The monoisotopic (exact) mass is 1240 g/mol. The molecule has 0 heterocycles. The molecule has 520 valence electrons. The number of amides is 1. The van der Waals surface area contributed by atoms with E-state index < -0.39 is 12.1 Å². The molecule has 0 rings (SSSR count). The highest BCUT2D eigenvalue weighted by Gasteiger charge is 2.18. The first-order chi connectivity index (χ1) is 43.5. The van der Waals surface area contributed by atoms with Crippen molar-refractivity contribution in [3.05, 3.63) is 36.5 Å². The van der Waals surface area contributed by atoms with Gasteiger partial charge in [-0.25, -0.2) is 0 Å². The van der Waals surface area contributed by atoms with Gasteiger partial charge in [-0.1, -0.05) is 410 Å². The van der Waals surface area contributed by atoms with Crippen LogP contribution in [0.1, 0.15) is 450 Å². The Labute approximate surface area is 551 Å². The van der Waals surface area contributed by atoms with Crippen LogP contribution in [0.3, 0.4) is 0 Å². The minimum absolute atomic E-state index is 0.0144. The van der Waals surface area contributed by atoms with E-state index in [2.05, 4.69) is 43.5 Å². The van der Waals surface area contributed by atoms with Crippen LogP contribution in [0.15, 0.2) is 36.5 Å². The van der Waals surface area contributed by atoms with E-state index in [9.17, 15) is 19.8 Å². The van der Waals surface area contributed by atoms with E-state index in [0.717, 1.165) is 51.4 Å². The molecule has 88 heavy (non-hydrogen) atoms. The maximum absolute atomic E-state index is 12.5. The summed E-state index contributed by atoms with van der Waals surface area (Å²) in [5, 5.41) is 23.3. The standard InChI is InChI=1S/C82H157NO5/c1-3-5-7-9-11-13-15-17-19-21-22-36-39-43-46-50-54-58-62-66-70-74-80(85)79(78-84)83-81(86)75-71-67-63-59-55-51-47-44-40-37-34-32-30-28-26-24-23-25-27-29-31-33-35-38-41-45-49-53-57-61-65-69-73-77-88-82(87)76-72-68-64-60-56-52-48-42-20-18-16-14-12-10-8-6-4-2/h12,14,18,20,70,74,79-80,84-85H,3-11,13,15-17,19,21-69,71-73,75-78H2,1-2H3,(H,83,86)/b14-12-,20-18-,74-70+. The fourth-order valence-corrected chi connectivity index (χ4v) is 12.8. The molecule has 0 spiro atoms. The van der Waals surface area contributed by atoms with Crippen molar-refractivity contribution in [3.8, 4) is 0 Å². The Balaban J connectivity index is 3.34. The van der Waals surface area contributed by atoms with E-state index in [1.165, 1.54) is 372 Å². The second-order valence-electron chi connectivity index (χ2n) is 27.8. The van der Waals surface area contributed by atoms with Crippen molar-refractivity contribution in [2.24, 2.45) is 0 Å². The lowest BCUT2D eigenvalue weighted by molar-refractivity contribution is -0.143. The molecule has 0 bridgehead atoms. The van der Waals surface area contributed by atoms with Gasteiger partial charge in [0.15, 0.2) is 0 Å². The largest absolute Gasteiger partial charge is 0.466 e. The van der Waals surface area contributed by atoms with Gasteiger partial charge in [0.05, 0.1) is 25.4 Å². The van der Waals surface area contributed by atoms with Crippen molar-refractivity contribution in [3.63, 3.8) is 0 Å². The molecule has 0 aromatic heterocycles. The number of unbranched alkanes of at least 4 members (excludes halogenated alkanes) is 61. The summed E-state index contributed by atoms with van der Waals surface area (Å²) in [4.78, 5) is 24.7. The van der Waals surface area contributed by atoms with Gasteiger partial charge in [0.2, 0.25) is 5.91 Å². The second-order valence-corrected chi connectivity index (χ2v) is 27.8. The lowest BCUT2D eigenvalue weighted by Crippen LogP contribution is -2.45. The maximum Gasteiger partial charge on any atom is 0.305 e. The number of hydrogen-bond donors (Lipinski definition) is 3. The number of rotatable bonds is 76. The van der Waals surface area contributed by atoms with Gasteiger partial charge in [-0.15, -0.1) is 0 Å². The topological polar surface area (TPSA) is 95.9 Å². The first kappa shape index (κ1) is 86.1. The van der Waals surface area contributed by atoms with E-state index in [1.54, 1.807) is 6.08 Å². The van der Waals surface area contributed by atoms with Gasteiger partial charge in [0, 0.05) is 12.8 Å². The van der Waals surface area contributed by atoms with Gasteiger partial charge >= 0.3 is 5.97 Å². The Morgan fingerprint density at radius 1 is 0.318 bits per heavy atom. The fraction of sp³-hybridized carbons (Fsp3) is 0.902. The Morgan fingerprint density at radius 2 is 0.568 bits per heavy atom. The van der Waals surface area contributed by atoms with Crippen molar-refractivity contribution in [1.82, 2.24) is 5.32 Å². The number of aliphatic hydroxyl groups excluding tert-OH is 2. The summed E-state index contributed by atoms with van der Waals surface area (Å²) in [6, 6.07) is -0.625. The lowest BCUT2D eigenvalue weighted by Gasteiger charge is -2.20. The SMILES string of the molecule is CCCCC/C=C\C/C=C\CCCCCCCCCC(=O)OCCCCCCCCCCCCCCCCCCCCCCCCCCCCCCCCCCCC(=O)NC(CO)C(O)/C=C/CCCCCCCCCCCCCCCCCCCCC. The minimum atomic E-state index is -0.842.